The van der Waals surface area contributed by atoms with E-state index in [4.69, 9.17) is 14.5 Å². The first-order valence-electron chi connectivity index (χ1n) is 11.7. The largest absolute Gasteiger partial charge is 0.435 e. The SMILES string of the molecule is COCCn1c(SCc2ccccc2OC(F)F)nnc1-c1cc(-c2ccccc2)nc2ccccc12. The Morgan fingerprint density at radius 2 is 1.68 bits per heavy atom. The molecule has 0 radical (unpaired) electrons. The molecule has 0 aliphatic heterocycles. The summed E-state index contributed by atoms with van der Waals surface area (Å²) in [7, 11) is 1.64. The monoisotopic (exact) mass is 518 g/mol. The van der Waals surface area contributed by atoms with Crippen molar-refractivity contribution in [2.45, 2.75) is 24.1 Å². The van der Waals surface area contributed by atoms with E-state index in [9.17, 15) is 8.78 Å². The van der Waals surface area contributed by atoms with Gasteiger partial charge in [0.05, 0.1) is 24.4 Å². The number of para-hydroxylation sites is 2. The molecule has 0 bridgehead atoms. The van der Waals surface area contributed by atoms with Gasteiger partial charge in [-0.25, -0.2) is 4.98 Å². The highest BCUT2D eigenvalue weighted by atomic mass is 32.2. The predicted molar refractivity (Wildman–Crippen MR) is 141 cm³/mol. The van der Waals surface area contributed by atoms with E-state index >= 15 is 0 Å². The lowest BCUT2D eigenvalue weighted by Gasteiger charge is -2.13. The third kappa shape index (κ3) is 5.63. The van der Waals surface area contributed by atoms with Gasteiger partial charge in [0.25, 0.3) is 0 Å². The van der Waals surface area contributed by atoms with Crippen LogP contribution in [0.2, 0.25) is 0 Å². The molecule has 5 aromatic rings. The summed E-state index contributed by atoms with van der Waals surface area (Å²) < 4.78 is 37.8. The third-order valence-corrected chi connectivity index (χ3v) is 6.82. The zero-order chi connectivity index (χ0) is 25.6. The van der Waals surface area contributed by atoms with Crippen molar-refractivity contribution < 1.29 is 18.3 Å². The van der Waals surface area contributed by atoms with Gasteiger partial charge in [0.15, 0.2) is 11.0 Å². The zero-order valence-electron chi connectivity index (χ0n) is 20.1. The Hall–Kier alpha value is -3.82. The Labute approximate surface area is 217 Å². The van der Waals surface area contributed by atoms with Gasteiger partial charge in [-0.15, -0.1) is 10.2 Å². The highest BCUT2D eigenvalue weighted by Gasteiger charge is 2.19. The Kier molecular flexibility index (Phi) is 7.72. The van der Waals surface area contributed by atoms with Crippen LogP contribution in [-0.2, 0) is 17.0 Å². The summed E-state index contributed by atoms with van der Waals surface area (Å²) in [4.78, 5) is 4.88. The molecule has 0 amide bonds. The molecule has 0 aliphatic carbocycles. The molecule has 0 spiro atoms. The molecule has 3 aromatic carbocycles. The molecule has 2 heterocycles. The molecule has 37 heavy (non-hydrogen) atoms. The number of rotatable bonds is 10. The summed E-state index contributed by atoms with van der Waals surface area (Å²) >= 11 is 1.41. The minimum Gasteiger partial charge on any atom is -0.435 e. The number of alkyl halides is 2. The Morgan fingerprint density at radius 3 is 2.49 bits per heavy atom. The number of methoxy groups -OCH3 is 1. The number of fused-ring (bicyclic) bond motifs is 1. The fraction of sp³-hybridized carbons (Fsp3) is 0.179. The molecule has 9 heteroatoms. The van der Waals surface area contributed by atoms with Crippen LogP contribution in [0.25, 0.3) is 33.5 Å². The molecule has 0 saturated carbocycles. The summed E-state index contributed by atoms with van der Waals surface area (Å²) in [5.74, 6) is 1.23. The molecular weight excluding hydrogens is 494 g/mol. The topological polar surface area (TPSA) is 62.1 Å². The van der Waals surface area contributed by atoms with Crippen LogP contribution in [0.4, 0.5) is 8.78 Å². The molecule has 0 atom stereocenters. The number of aromatic nitrogens is 4. The average molecular weight is 519 g/mol. The molecule has 0 fully saturated rings. The second-order valence-corrected chi connectivity index (χ2v) is 9.11. The van der Waals surface area contributed by atoms with Crippen molar-refractivity contribution >= 4 is 22.7 Å². The lowest BCUT2D eigenvalue weighted by Crippen LogP contribution is -2.08. The van der Waals surface area contributed by atoms with Gasteiger partial charge in [-0.3, -0.25) is 4.57 Å². The van der Waals surface area contributed by atoms with Crippen LogP contribution in [0, 0.1) is 0 Å². The number of pyridine rings is 1. The van der Waals surface area contributed by atoms with E-state index in [-0.39, 0.29) is 5.75 Å². The Balaban J connectivity index is 1.55. The maximum absolute atomic E-state index is 12.9. The Bertz CT molecular complexity index is 1490. The van der Waals surface area contributed by atoms with Crippen molar-refractivity contribution in [3.8, 4) is 28.4 Å². The van der Waals surface area contributed by atoms with Crippen LogP contribution in [0.1, 0.15) is 5.56 Å². The summed E-state index contributed by atoms with van der Waals surface area (Å²) in [6.45, 7) is -1.91. The summed E-state index contributed by atoms with van der Waals surface area (Å²) in [6, 6.07) is 26.7. The number of nitrogens with zero attached hydrogens (tertiary/aromatic N) is 4. The fourth-order valence-electron chi connectivity index (χ4n) is 4.07. The van der Waals surface area contributed by atoms with Crippen LogP contribution >= 0.6 is 11.8 Å². The average Bonchev–Trinajstić information content (AvgIpc) is 3.33. The first-order valence-corrected chi connectivity index (χ1v) is 12.7. The normalized spacial score (nSPS) is 11.4. The van der Waals surface area contributed by atoms with Crippen LogP contribution in [0.3, 0.4) is 0 Å². The smallest absolute Gasteiger partial charge is 0.387 e. The summed E-state index contributed by atoms with van der Waals surface area (Å²) in [5.41, 5.74) is 4.25. The van der Waals surface area contributed by atoms with Gasteiger partial charge in [-0.2, -0.15) is 8.78 Å². The van der Waals surface area contributed by atoms with Gasteiger partial charge in [-0.05, 0) is 18.2 Å². The van der Waals surface area contributed by atoms with Gasteiger partial charge in [0.2, 0.25) is 0 Å². The number of hydrogen-bond acceptors (Lipinski definition) is 6. The van der Waals surface area contributed by atoms with Crippen LogP contribution in [-0.4, -0.2) is 40.1 Å². The van der Waals surface area contributed by atoms with Gasteiger partial charge < -0.3 is 9.47 Å². The number of benzene rings is 3. The minimum atomic E-state index is -2.89. The van der Waals surface area contributed by atoms with Crippen molar-refractivity contribution in [1.29, 1.82) is 0 Å². The molecule has 0 unspecified atom stereocenters. The van der Waals surface area contributed by atoms with Crippen molar-refractivity contribution in [2.75, 3.05) is 13.7 Å². The summed E-state index contributed by atoms with van der Waals surface area (Å²) in [5, 5.41) is 10.6. The predicted octanol–water partition coefficient (Wildman–Crippen LogP) is 6.70. The van der Waals surface area contributed by atoms with E-state index in [0.29, 0.717) is 35.4 Å². The third-order valence-electron chi connectivity index (χ3n) is 5.81. The molecule has 188 valence electrons. The summed E-state index contributed by atoms with van der Waals surface area (Å²) in [6.07, 6.45) is 0. The number of thioether (sulfide) groups is 1. The highest BCUT2D eigenvalue weighted by Crippen LogP contribution is 2.34. The fourth-order valence-corrected chi connectivity index (χ4v) is 5.03. The van der Waals surface area contributed by atoms with Crippen LogP contribution in [0.5, 0.6) is 5.75 Å². The first kappa shape index (κ1) is 24.9. The molecule has 5 rings (SSSR count). The van der Waals surface area contributed by atoms with Gasteiger partial charge in [-0.1, -0.05) is 78.5 Å². The van der Waals surface area contributed by atoms with E-state index in [2.05, 4.69) is 10.2 Å². The van der Waals surface area contributed by atoms with E-state index < -0.39 is 6.61 Å². The number of ether oxygens (including phenoxy) is 2. The minimum absolute atomic E-state index is 0.154. The molecular formula is C28H24F2N4O2S. The lowest BCUT2D eigenvalue weighted by atomic mass is 10.0. The van der Waals surface area contributed by atoms with Gasteiger partial charge in [0, 0.05) is 34.9 Å². The maximum Gasteiger partial charge on any atom is 0.387 e. The van der Waals surface area contributed by atoms with Gasteiger partial charge in [0.1, 0.15) is 5.75 Å². The van der Waals surface area contributed by atoms with E-state index in [1.54, 1.807) is 25.3 Å². The van der Waals surface area contributed by atoms with E-state index in [1.165, 1.54) is 17.8 Å². The van der Waals surface area contributed by atoms with E-state index in [1.807, 2.05) is 65.2 Å². The number of halogens is 2. The Morgan fingerprint density at radius 1 is 0.919 bits per heavy atom. The van der Waals surface area contributed by atoms with Crippen LogP contribution in [0.15, 0.2) is 90.1 Å². The maximum atomic E-state index is 12.9. The lowest BCUT2D eigenvalue weighted by molar-refractivity contribution is -0.0503. The second-order valence-electron chi connectivity index (χ2n) is 8.16. The molecule has 0 N–H and O–H groups in total. The van der Waals surface area contributed by atoms with Crippen molar-refractivity contribution in [3.63, 3.8) is 0 Å². The quantitative estimate of drug-likeness (QED) is 0.192. The van der Waals surface area contributed by atoms with Crippen LogP contribution < -0.4 is 4.74 Å². The standard InChI is InChI=1S/C28H24F2N4O2S/c1-35-16-15-34-26(32-33-28(34)37-18-20-11-5-8-14-25(20)36-27(29)30)22-17-24(19-9-3-2-4-10-19)31-23-13-7-6-12-21(22)23/h2-14,17,27H,15-16,18H2,1H3. The molecule has 6 nitrogen and oxygen atoms in total. The van der Waals surface area contributed by atoms with Crippen molar-refractivity contribution in [1.82, 2.24) is 19.7 Å². The number of hydrogen-bond donors (Lipinski definition) is 0. The first-order chi connectivity index (χ1) is 18.1. The van der Waals surface area contributed by atoms with E-state index in [0.717, 1.165) is 27.7 Å². The highest BCUT2D eigenvalue weighted by molar-refractivity contribution is 7.98. The van der Waals surface area contributed by atoms with Crippen molar-refractivity contribution in [3.05, 3.63) is 90.5 Å². The molecule has 2 aromatic heterocycles. The zero-order valence-corrected chi connectivity index (χ0v) is 20.9. The second kappa shape index (κ2) is 11.5. The van der Waals surface area contributed by atoms with Crippen molar-refractivity contribution in [2.24, 2.45) is 0 Å². The molecule has 0 saturated heterocycles. The molecule has 0 aliphatic rings. The van der Waals surface area contributed by atoms with Gasteiger partial charge >= 0.3 is 6.61 Å².